The zero-order valence-electron chi connectivity index (χ0n) is 21.2. The zero-order valence-corrected chi connectivity index (χ0v) is 21.2. The van der Waals surface area contributed by atoms with E-state index in [1.165, 1.54) is 0 Å². The lowest BCUT2D eigenvalue weighted by molar-refractivity contribution is -0.161. The molecule has 3 aromatic carbocycles. The van der Waals surface area contributed by atoms with E-state index in [2.05, 4.69) is 17.4 Å². The largest absolute Gasteiger partial charge is 0.454 e. The average Bonchev–Trinajstić information content (AvgIpc) is 3.40. The van der Waals surface area contributed by atoms with Crippen LogP contribution in [0.25, 0.3) is 17.2 Å². The maximum Gasteiger partial charge on any atom is 0.244 e. The number of ether oxygens (including phenoxy) is 4. The van der Waals surface area contributed by atoms with Crippen LogP contribution in [0.2, 0.25) is 0 Å². The molecule has 6 heteroatoms. The highest BCUT2D eigenvalue weighted by Crippen LogP contribution is 2.40. The number of rotatable bonds is 9. The highest BCUT2D eigenvalue weighted by atomic mass is 16.7. The van der Waals surface area contributed by atoms with Crippen LogP contribution in [0.3, 0.4) is 0 Å². The minimum atomic E-state index is -0.158. The predicted molar refractivity (Wildman–Crippen MR) is 143 cm³/mol. The number of fused-ring (bicyclic) bond motifs is 1. The summed E-state index contributed by atoms with van der Waals surface area (Å²) in [5, 5.41) is 3.04. The van der Waals surface area contributed by atoms with E-state index >= 15 is 0 Å². The second kappa shape index (κ2) is 12.1. The predicted octanol–water partition coefficient (Wildman–Crippen LogP) is 6.06. The Morgan fingerprint density at radius 3 is 2.62 bits per heavy atom. The third kappa shape index (κ3) is 6.40. The molecule has 0 radical (unpaired) electrons. The minimum Gasteiger partial charge on any atom is -0.454 e. The first kappa shape index (κ1) is 25.1. The van der Waals surface area contributed by atoms with Crippen molar-refractivity contribution in [2.75, 3.05) is 20.0 Å². The molecule has 2 aliphatic rings. The topological polar surface area (TPSA) is 66.0 Å². The van der Waals surface area contributed by atoms with Crippen molar-refractivity contribution in [3.63, 3.8) is 0 Å². The maximum absolute atomic E-state index is 12.8. The van der Waals surface area contributed by atoms with E-state index in [1.54, 1.807) is 6.08 Å². The molecule has 0 bridgehead atoms. The van der Waals surface area contributed by atoms with Gasteiger partial charge in [0.2, 0.25) is 12.7 Å². The molecule has 2 atom stereocenters. The van der Waals surface area contributed by atoms with Crippen LogP contribution in [-0.2, 0) is 20.7 Å². The summed E-state index contributed by atoms with van der Waals surface area (Å²) in [6.45, 7) is 3.51. The number of amides is 1. The molecule has 5 rings (SSSR count). The van der Waals surface area contributed by atoms with Gasteiger partial charge in [0, 0.05) is 12.7 Å². The molecule has 6 nitrogen and oxygen atoms in total. The van der Waals surface area contributed by atoms with Crippen molar-refractivity contribution >= 4 is 12.0 Å². The molecular weight excluding hydrogens is 466 g/mol. The average molecular weight is 500 g/mol. The second-order valence-corrected chi connectivity index (χ2v) is 9.34. The Labute approximate surface area is 218 Å². The first-order valence-electron chi connectivity index (χ1n) is 13.0. The fraction of sp³-hybridized carbons (Fsp3) is 0.323. The van der Waals surface area contributed by atoms with Crippen LogP contribution >= 0.6 is 0 Å². The van der Waals surface area contributed by atoms with Crippen LogP contribution < -0.4 is 14.8 Å². The Hall–Kier alpha value is -3.61. The summed E-state index contributed by atoms with van der Waals surface area (Å²) in [5.74, 6) is 1.22. The smallest absolute Gasteiger partial charge is 0.244 e. The van der Waals surface area contributed by atoms with Gasteiger partial charge in [-0.1, -0.05) is 54.6 Å². The molecule has 0 saturated carbocycles. The Balaban J connectivity index is 1.35. The van der Waals surface area contributed by atoms with Gasteiger partial charge in [0.1, 0.15) is 0 Å². The molecule has 37 heavy (non-hydrogen) atoms. The highest BCUT2D eigenvalue weighted by molar-refractivity contribution is 5.94. The van der Waals surface area contributed by atoms with Crippen molar-refractivity contribution in [3.8, 4) is 22.6 Å². The summed E-state index contributed by atoms with van der Waals surface area (Å²) in [7, 11) is 0. The van der Waals surface area contributed by atoms with Gasteiger partial charge in [-0.2, -0.15) is 0 Å². The molecule has 1 fully saturated rings. The van der Waals surface area contributed by atoms with Crippen molar-refractivity contribution in [1.29, 1.82) is 0 Å². The Morgan fingerprint density at radius 2 is 1.81 bits per heavy atom. The number of carbonyl (C=O) groups excluding carboxylic acids is 1. The lowest BCUT2D eigenvalue weighted by Crippen LogP contribution is -2.24. The molecule has 3 aromatic rings. The molecule has 0 aromatic heterocycles. The Bertz CT molecular complexity index is 1230. The quantitative estimate of drug-likeness (QED) is 0.363. The first-order chi connectivity index (χ1) is 18.2. The third-order valence-electron chi connectivity index (χ3n) is 6.74. The molecule has 192 valence electrons. The van der Waals surface area contributed by atoms with Gasteiger partial charge in [0.05, 0.1) is 12.6 Å². The lowest BCUT2D eigenvalue weighted by atomic mass is 9.93. The van der Waals surface area contributed by atoms with E-state index in [9.17, 15) is 4.79 Å². The van der Waals surface area contributed by atoms with Gasteiger partial charge in [-0.05, 0) is 78.6 Å². The summed E-state index contributed by atoms with van der Waals surface area (Å²) in [6.07, 6.45) is 7.26. The zero-order chi connectivity index (χ0) is 25.5. The summed E-state index contributed by atoms with van der Waals surface area (Å²) in [6, 6.07) is 22.0. The molecule has 0 spiro atoms. The normalized spacial score (nSPS) is 17.6. The fourth-order valence-corrected chi connectivity index (χ4v) is 4.72. The van der Waals surface area contributed by atoms with Gasteiger partial charge in [-0.25, -0.2) is 0 Å². The van der Waals surface area contributed by atoms with Crippen LogP contribution in [-0.4, -0.2) is 32.2 Å². The van der Waals surface area contributed by atoms with Crippen LogP contribution in [0.5, 0.6) is 11.5 Å². The molecule has 0 aliphatic carbocycles. The van der Waals surface area contributed by atoms with Crippen LogP contribution in [0, 0.1) is 0 Å². The molecular formula is C31H33NO5. The Kier molecular flexibility index (Phi) is 8.18. The van der Waals surface area contributed by atoms with Gasteiger partial charge in [-0.3, -0.25) is 4.79 Å². The summed E-state index contributed by atoms with van der Waals surface area (Å²) < 4.78 is 23.0. The van der Waals surface area contributed by atoms with Gasteiger partial charge in [0.15, 0.2) is 17.8 Å². The third-order valence-corrected chi connectivity index (χ3v) is 6.74. The highest BCUT2D eigenvalue weighted by Gasteiger charge is 2.19. The molecule has 1 amide bonds. The Morgan fingerprint density at radius 1 is 1.03 bits per heavy atom. The van der Waals surface area contributed by atoms with E-state index in [0.29, 0.717) is 18.1 Å². The lowest BCUT2D eigenvalue weighted by Gasteiger charge is -2.23. The van der Waals surface area contributed by atoms with E-state index in [1.807, 2.05) is 67.6 Å². The van der Waals surface area contributed by atoms with Crippen molar-refractivity contribution in [2.45, 2.75) is 44.9 Å². The number of nitrogens with one attached hydrogen (secondary N) is 1. The van der Waals surface area contributed by atoms with E-state index in [4.69, 9.17) is 18.9 Å². The molecule has 1 N–H and O–H groups in total. The molecule has 1 saturated heterocycles. The standard InChI is InChI=1S/C31H33NO5/c1-22(23-9-3-2-4-10-23)32-30(33)15-14-25-19-28-29(37-21-36-28)20-27(25)26-12-6-5-11-24(26)16-18-35-31-13-7-8-17-34-31/h2-6,9-12,14-15,19-20,22,31H,7-8,13,16-18,21H2,1H3,(H,32,33)/b15-14+/t22-,31?/m0/s1. The first-order valence-corrected chi connectivity index (χ1v) is 13.0. The van der Waals surface area contributed by atoms with Gasteiger partial charge in [-0.15, -0.1) is 0 Å². The SMILES string of the molecule is C[C@H](NC(=O)/C=C/c1cc2c(cc1-c1ccccc1CCOC1CCCCO1)OCO2)c1ccccc1. The number of benzene rings is 3. The maximum atomic E-state index is 12.8. The van der Waals surface area contributed by atoms with Crippen LogP contribution in [0.1, 0.15) is 48.9 Å². The molecule has 2 aliphatic heterocycles. The summed E-state index contributed by atoms with van der Waals surface area (Å²) >= 11 is 0. The number of hydrogen-bond donors (Lipinski definition) is 1. The summed E-state index contributed by atoms with van der Waals surface area (Å²) in [4.78, 5) is 12.8. The monoisotopic (exact) mass is 499 g/mol. The molecule has 2 heterocycles. The minimum absolute atomic E-state index is 0.0940. The number of hydrogen-bond acceptors (Lipinski definition) is 5. The second-order valence-electron chi connectivity index (χ2n) is 9.34. The van der Waals surface area contributed by atoms with E-state index in [-0.39, 0.29) is 25.0 Å². The van der Waals surface area contributed by atoms with Crippen molar-refractivity contribution < 1.29 is 23.7 Å². The van der Waals surface area contributed by atoms with Crippen molar-refractivity contribution in [2.24, 2.45) is 0 Å². The van der Waals surface area contributed by atoms with Crippen LogP contribution in [0.15, 0.2) is 72.8 Å². The van der Waals surface area contributed by atoms with Crippen molar-refractivity contribution in [1.82, 2.24) is 5.32 Å². The van der Waals surface area contributed by atoms with Gasteiger partial charge in [0.25, 0.3) is 0 Å². The fourth-order valence-electron chi connectivity index (χ4n) is 4.72. The van der Waals surface area contributed by atoms with E-state index in [0.717, 1.165) is 60.1 Å². The van der Waals surface area contributed by atoms with Gasteiger partial charge >= 0.3 is 0 Å². The number of carbonyl (C=O) groups is 1. The summed E-state index contributed by atoms with van der Waals surface area (Å²) in [5.41, 5.74) is 5.16. The van der Waals surface area contributed by atoms with E-state index < -0.39 is 0 Å². The van der Waals surface area contributed by atoms with Crippen molar-refractivity contribution in [3.05, 3.63) is 89.5 Å². The van der Waals surface area contributed by atoms with Crippen LogP contribution in [0.4, 0.5) is 0 Å². The molecule has 1 unspecified atom stereocenters. The van der Waals surface area contributed by atoms with Gasteiger partial charge < -0.3 is 24.3 Å².